The lowest BCUT2D eigenvalue weighted by Crippen LogP contribution is -2.10. The molecule has 0 saturated carbocycles. The number of carbonyl (C=O) groups is 1. The van der Waals surface area contributed by atoms with E-state index in [0.29, 0.717) is 0 Å². The van der Waals surface area contributed by atoms with Crippen LogP contribution in [0.4, 0.5) is 14.5 Å². The third-order valence-corrected chi connectivity index (χ3v) is 2.97. The van der Waals surface area contributed by atoms with Crippen molar-refractivity contribution in [1.29, 1.82) is 0 Å². The fourth-order valence-corrected chi connectivity index (χ4v) is 2.17. The number of benzene rings is 1. The van der Waals surface area contributed by atoms with Gasteiger partial charge in [0.1, 0.15) is 5.75 Å². The Kier molecular flexibility index (Phi) is 5.81. The molecule has 0 unspecified atom stereocenters. The molecule has 0 atom stereocenters. The molecule has 0 spiro atoms. The summed E-state index contributed by atoms with van der Waals surface area (Å²) in [5.41, 5.74) is -0.0101. The second-order valence-corrected chi connectivity index (χ2v) is 4.16. The lowest BCUT2D eigenvalue weighted by Gasteiger charge is -2.13. The van der Waals surface area contributed by atoms with Crippen LogP contribution in [0, 0.1) is 10.1 Å². The van der Waals surface area contributed by atoms with Gasteiger partial charge in [0.25, 0.3) is 5.69 Å². The van der Waals surface area contributed by atoms with Crippen LogP contribution in [0.25, 0.3) is 0 Å². The van der Waals surface area contributed by atoms with E-state index in [9.17, 15) is 23.7 Å². The first-order valence-corrected chi connectivity index (χ1v) is 6.39. The van der Waals surface area contributed by atoms with E-state index >= 15 is 0 Å². The molecule has 20 heavy (non-hydrogen) atoms. The molecule has 1 aromatic carbocycles. The van der Waals surface area contributed by atoms with E-state index in [-0.39, 0.29) is 28.6 Å². The molecule has 0 radical (unpaired) electrons. The molecule has 110 valence electrons. The highest BCUT2D eigenvalue weighted by atomic mass is 79.9. The number of nitro groups is 1. The van der Waals surface area contributed by atoms with Gasteiger partial charge in [0.15, 0.2) is 0 Å². The van der Waals surface area contributed by atoms with Crippen molar-refractivity contribution in [3.63, 3.8) is 0 Å². The number of rotatable bonds is 6. The molecule has 0 aromatic heterocycles. The van der Waals surface area contributed by atoms with Crippen LogP contribution in [0.2, 0.25) is 0 Å². The van der Waals surface area contributed by atoms with E-state index in [4.69, 9.17) is 0 Å². The Morgan fingerprint density at radius 3 is 2.60 bits per heavy atom. The van der Waals surface area contributed by atoms with Crippen LogP contribution < -0.4 is 4.74 Å². The number of non-ortho nitro benzene ring substituents is 1. The van der Waals surface area contributed by atoms with Crippen molar-refractivity contribution < 1.29 is 28.0 Å². The molecule has 0 aliphatic rings. The summed E-state index contributed by atoms with van der Waals surface area (Å²) in [7, 11) is 1.16. The van der Waals surface area contributed by atoms with Gasteiger partial charge in [-0.15, -0.1) is 0 Å². The molecule has 1 rings (SSSR count). The highest BCUT2D eigenvalue weighted by molar-refractivity contribution is 9.08. The van der Waals surface area contributed by atoms with Gasteiger partial charge in [-0.3, -0.25) is 14.9 Å². The quantitative estimate of drug-likeness (QED) is 0.340. The van der Waals surface area contributed by atoms with Crippen LogP contribution in [0.1, 0.15) is 11.1 Å². The van der Waals surface area contributed by atoms with E-state index in [2.05, 4.69) is 25.4 Å². The second kappa shape index (κ2) is 7.13. The maximum absolute atomic E-state index is 12.3. The monoisotopic (exact) mass is 353 g/mol. The van der Waals surface area contributed by atoms with Crippen molar-refractivity contribution in [2.75, 3.05) is 7.11 Å². The molecule has 0 fully saturated rings. The zero-order valence-corrected chi connectivity index (χ0v) is 11.9. The number of methoxy groups -OCH3 is 1. The number of carbonyl (C=O) groups excluding carboxylic acids is 1. The van der Waals surface area contributed by atoms with Crippen LogP contribution in [-0.4, -0.2) is 24.6 Å². The summed E-state index contributed by atoms with van der Waals surface area (Å²) in [4.78, 5) is 21.3. The second-order valence-electron chi connectivity index (χ2n) is 3.60. The van der Waals surface area contributed by atoms with Crippen molar-refractivity contribution in [1.82, 2.24) is 0 Å². The summed E-state index contributed by atoms with van der Waals surface area (Å²) in [6, 6.07) is 2.02. The van der Waals surface area contributed by atoms with Gasteiger partial charge in [0.2, 0.25) is 0 Å². The average molecular weight is 354 g/mol. The maximum atomic E-state index is 12.3. The normalized spacial score (nSPS) is 10.4. The molecule has 9 heteroatoms. The highest BCUT2D eigenvalue weighted by Gasteiger charge is 2.21. The van der Waals surface area contributed by atoms with E-state index in [0.717, 1.165) is 19.2 Å². The minimum Gasteiger partial charge on any atom is -0.469 e. The first kappa shape index (κ1) is 16.3. The predicted molar refractivity (Wildman–Crippen MR) is 68.1 cm³/mol. The molecule has 0 bridgehead atoms. The number of nitrogens with zero attached hydrogens (tertiary/aromatic N) is 1. The minimum absolute atomic E-state index is 0.0966. The minimum atomic E-state index is -3.12. The number of esters is 1. The van der Waals surface area contributed by atoms with E-state index in [1.54, 1.807) is 0 Å². The zero-order valence-electron chi connectivity index (χ0n) is 10.3. The summed E-state index contributed by atoms with van der Waals surface area (Å²) >= 11 is 3.08. The van der Waals surface area contributed by atoms with Crippen molar-refractivity contribution in [3.8, 4) is 5.75 Å². The third-order valence-electron chi connectivity index (χ3n) is 2.41. The Morgan fingerprint density at radius 2 is 2.15 bits per heavy atom. The lowest BCUT2D eigenvalue weighted by molar-refractivity contribution is -0.385. The Labute approximate surface area is 120 Å². The van der Waals surface area contributed by atoms with Gasteiger partial charge < -0.3 is 9.47 Å². The third kappa shape index (κ3) is 4.12. The molecule has 1 aromatic rings. The Bertz CT molecular complexity index is 524. The number of nitro benzene ring substituents is 1. The fourth-order valence-electron chi connectivity index (χ4n) is 1.53. The van der Waals surface area contributed by atoms with Gasteiger partial charge in [0, 0.05) is 17.0 Å². The summed E-state index contributed by atoms with van der Waals surface area (Å²) in [5, 5.41) is 10.9. The largest absolute Gasteiger partial charge is 0.469 e. The molecule has 0 N–H and O–H groups in total. The van der Waals surface area contributed by atoms with Crippen molar-refractivity contribution in [2.45, 2.75) is 18.4 Å². The van der Waals surface area contributed by atoms with Crippen LogP contribution in [0.5, 0.6) is 5.75 Å². The van der Waals surface area contributed by atoms with Crippen LogP contribution >= 0.6 is 15.9 Å². The Morgan fingerprint density at radius 1 is 1.50 bits per heavy atom. The first-order chi connectivity index (χ1) is 9.38. The summed E-state index contributed by atoms with van der Waals surface area (Å²) in [6.07, 6.45) is -0.279. The molecule has 0 amide bonds. The standard InChI is InChI=1S/C11H10BrF2NO5/c1-19-10(16)3-6-2-7(15(17)18)4-9(8(6)5-12)20-11(13)14/h2,4,11H,3,5H2,1H3. The van der Waals surface area contributed by atoms with Crippen molar-refractivity contribution in [3.05, 3.63) is 33.4 Å². The van der Waals surface area contributed by atoms with Gasteiger partial charge in [-0.2, -0.15) is 8.78 Å². The summed E-state index contributed by atoms with van der Waals surface area (Å²) in [5.74, 6) is -0.985. The highest BCUT2D eigenvalue weighted by Crippen LogP contribution is 2.32. The van der Waals surface area contributed by atoms with Crippen molar-refractivity contribution in [2.24, 2.45) is 0 Å². The van der Waals surface area contributed by atoms with Crippen LogP contribution in [0.15, 0.2) is 12.1 Å². The molecular formula is C11H10BrF2NO5. The average Bonchev–Trinajstić information content (AvgIpc) is 2.37. The Hall–Kier alpha value is -1.77. The van der Waals surface area contributed by atoms with E-state index in [1.165, 1.54) is 0 Å². The van der Waals surface area contributed by atoms with Crippen LogP contribution in [-0.2, 0) is 21.3 Å². The topological polar surface area (TPSA) is 78.7 Å². The van der Waals surface area contributed by atoms with Gasteiger partial charge in [-0.1, -0.05) is 15.9 Å². The van der Waals surface area contributed by atoms with E-state index in [1.807, 2.05) is 0 Å². The lowest BCUT2D eigenvalue weighted by atomic mass is 10.0. The number of hydrogen-bond donors (Lipinski definition) is 0. The fraction of sp³-hybridized carbons (Fsp3) is 0.364. The molecule has 0 aliphatic heterocycles. The maximum Gasteiger partial charge on any atom is 0.387 e. The molecule has 0 aliphatic carbocycles. The Balaban J connectivity index is 3.33. The molecular weight excluding hydrogens is 344 g/mol. The number of ether oxygens (including phenoxy) is 2. The predicted octanol–water partition coefficient (Wildman–Crippen LogP) is 2.81. The SMILES string of the molecule is COC(=O)Cc1cc([N+](=O)[O-])cc(OC(F)F)c1CBr. The van der Waals surface area contributed by atoms with Crippen molar-refractivity contribution >= 4 is 27.6 Å². The van der Waals surface area contributed by atoms with Gasteiger partial charge in [-0.25, -0.2) is 0 Å². The first-order valence-electron chi connectivity index (χ1n) is 5.26. The van der Waals surface area contributed by atoms with Gasteiger partial charge in [-0.05, 0) is 5.56 Å². The van der Waals surface area contributed by atoms with E-state index < -0.39 is 23.2 Å². The molecule has 0 saturated heterocycles. The zero-order chi connectivity index (χ0) is 15.3. The number of halogens is 3. The summed E-state index contributed by atoms with van der Waals surface area (Å²) in [6.45, 7) is -3.12. The van der Waals surface area contributed by atoms with Gasteiger partial charge in [0.05, 0.1) is 24.5 Å². The summed E-state index contributed by atoms with van der Waals surface area (Å²) < 4.78 is 33.4. The van der Waals surface area contributed by atoms with Gasteiger partial charge >= 0.3 is 12.6 Å². The van der Waals surface area contributed by atoms with Crippen LogP contribution in [0.3, 0.4) is 0 Å². The molecule has 0 heterocycles. The smallest absolute Gasteiger partial charge is 0.387 e. The number of hydrogen-bond acceptors (Lipinski definition) is 5. The molecule has 6 nitrogen and oxygen atoms in total. The number of alkyl halides is 3.